The molecule has 0 radical (unpaired) electrons. The van der Waals surface area contributed by atoms with Gasteiger partial charge in [-0.1, -0.05) is 45.7 Å². The second kappa shape index (κ2) is 6.37. The van der Waals surface area contributed by atoms with Gasteiger partial charge in [-0.15, -0.1) is 0 Å². The van der Waals surface area contributed by atoms with Crippen molar-refractivity contribution < 1.29 is 9.90 Å². The van der Waals surface area contributed by atoms with Gasteiger partial charge in [-0.3, -0.25) is 4.79 Å². The maximum atomic E-state index is 10.8. The lowest BCUT2D eigenvalue weighted by Gasteiger charge is -2.27. The number of aryl methyl sites for hydroxylation is 1. The Morgan fingerprint density at radius 3 is 2.47 bits per heavy atom. The number of halogens is 2. The second-order valence-electron chi connectivity index (χ2n) is 5.67. The first-order valence-corrected chi connectivity index (χ1v) is 7.64. The molecule has 0 aliphatic carbocycles. The van der Waals surface area contributed by atoms with E-state index in [0.717, 1.165) is 20.1 Å². The number of carboxylic acids is 1. The summed E-state index contributed by atoms with van der Waals surface area (Å²) in [6, 6.07) is 3.82. The van der Waals surface area contributed by atoms with Gasteiger partial charge in [0.15, 0.2) is 0 Å². The summed E-state index contributed by atoms with van der Waals surface area (Å²) in [7, 11) is 0. The van der Waals surface area contributed by atoms with E-state index in [1.165, 1.54) is 0 Å². The van der Waals surface area contributed by atoms with Crippen molar-refractivity contribution >= 4 is 37.8 Å². The maximum absolute atomic E-state index is 10.8. The number of hydrogen-bond acceptors (Lipinski definition) is 2. The van der Waals surface area contributed by atoms with Gasteiger partial charge in [-0.2, -0.15) is 0 Å². The van der Waals surface area contributed by atoms with Crippen molar-refractivity contribution in [3.8, 4) is 0 Å². The summed E-state index contributed by atoms with van der Waals surface area (Å²) in [6.07, 6.45) is 0.735. The van der Waals surface area contributed by atoms with E-state index in [-0.39, 0.29) is 17.9 Å². The average Bonchev–Trinajstić information content (AvgIpc) is 2.20. The van der Waals surface area contributed by atoms with Gasteiger partial charge in [0, 0.05) is 15.0 Å². The number of benzene rings is 1. The minimum atomic E-state index is -0.790. The lowest BCUT2D eigenvalue weighted by molar-refractivity contribution is -0.139. The van der Waals surface area contributed by atoms with Gasteiger partial charge in [-0.05, 0) is 42.0 Å². The largest absolute Gasteiger partial charge is 0.481 e. The van der Waals surface area contributed by atoms with Gasteiger partial charge in [-0.25, -0.2) is 0 Å². The van der Waals surface area contributed by atoms with Crippen molar-refractivity contribution in [3.63, 3.8) is 0 Å². The van der Waals surface area contributed by atoms with Crippen molar-refractivity contribution in [3.05, 3.63) is 32.2 Å². The van der Waals surface area contributed by atoms with Crippen LogP contribution in [0.2, 0.25) is 0 Å². The van der Waals surface area contributed by atoms with Crippen LogP contribution in [0.15, 0.2) is 21.1 Å². The summed E-state index contributed by atoms with van der Waals surface area (Å²) in [4.78, 5) is 10.8. The second-order valence-corrected chi connectivity index (χ2v) is 7.38. The van der Waals surface area contributed by atoms with Crippen molar-refractivity contribution in [2.45, 2.75) is 39.7 Å². The highest BCUT2D eigenvalue weighted by molar-refractivity contribution is 9.11. The molecule has 0 bridgehead atoms. The van der Waals surface area contributed by atoms with Crippen LogP contribution in [0.4, 0.5) is 0 Å². The molecule has 0 saturated carbocycles. The van der Waals surface area contributed by atoms with E-state index in [4.69, 9.17) is 10.8 Å². The fraction of sp³-hybridized carbons (Fsp3) is 0.500. The third kappa shape index (κ3) is 4.89. The Balaban J connectivity index is 2.92. The van der Waals surface area contributed by atoms with Crippen LogP contribution in [0, 0.1) is 12.3 Å². The number of aliphatic carboxylic acids is 1. The molecule has 1 unspecified atom stereocenters. The predicted molar refractivity (Wildman–Crippen MR) is 84.2 cm³/mol. The van der Waals surface area contributed by atoms with Crippen molar-refractivity contribution in [2.75, 3.05) is 0 Å². The van der Waals surface area contributed by atoms with Crippen LogP contribution in [0.1, 0.15) is 43.9 Å². The number of rotatable bonds is 5. The summed E-state index contributed by atoms with van der Waals surface area (Å²) in [5.41, 5.74) is 8.03. The summed E-state index contributed by atoms with van der Waals surface area (Å²) in [5.74, 6) is -0.790. The number of carboxylic acid groups (broad SMARTS) is 1. The molecule has 0 aliphatic rings. The molecule has 1 aromatic rings. The quantitative estimate of drug-likeness (QED) is 0.779. The van der Waals surface area contributed by atoms with E-state index in [1.54, 1.807) is 0 Å². The third-order valence-corrected chi connectivity index (χ3v) is 4.62. The van der Waals surface area contributed by atoms with Crippen LogP contribution in [-0.2, 0) is 4.79 Å². The van der Waals surface area contributed by atoms with Crippen molar-refractivity contribution in [2.24, 2.45) is 11.1 Å². The highest BCUT2D eigenvalue weighted by Crippen LogP contribution is 2.36. The summed E-state index contributed by atoms with van der Waals surface area (Å²) in [5, 5.41) is 8.91. The topological polar surface area (TPSA) is 63.3 Å². The molecule has 1 atom stereocenters. The molecular weight excluding hydrogens is 374 g/mol. The van der Waals surface area contributed by atoms with E-state index in [9.17, 15) is 4.79 Å². The molecule has 0 saturated heterocycles. The van der Waals surface area contributed by atoms with E-state index >= 15 is 0 Å². The molecule has 3 N–H and O–H groups in total. The smallest absolute Gasteiger partial charge is 0.303 e. The van der Waals surface area contributed by atoms with Gasteiger partial charge in [0.05, 0.1) is 6.42 Å². The Morgan fingerprint density at radius 1 is 1.37 bits per heavy atom. The first kappa shape index (κ1) is 16.7. The molecular formula is C14H19Br2NO2. The van der Waals surface area contributed by atoms with Crippen LogP contribution in [-0.4, -0.2) is 11.1 Å². The molecule has 106 valence electrons. The third-order valence-electron chi connectivity index (χ3n) is 3.08. The van der Waals surface area contributed by atoms with Gasteiger partial charge in [0.2, 0.25) is 0 Å². The monoisotopic (exact) mass is 391 g/mol. The molecule has 19 heavy (non-hydrogen) atoms. The summed E-state index contributed by atoms with van der Waals surface area (Å²) in [6.45, 7) is 5.87. The molecule has 0 heterocycles. The lowest BCUT2D eigenvalue weighted by Crippen LogP contribution is -2.24. The predicted octanol–water partition coefficient (Wildman–Crippen LogP) is 4.41. The van der Waals surface area contributed by atoms with E-state index in [2.05, 4.69) is 31.9 Å². The van der Waals surface area contributed by atoms with Crippen molar-refractivity contribution in [1.82, 2.24) is 0 Å². The zero-order chi connectivity index (χ0) is 14.8. The molecule has 0 aromatic heterocycles. The summed E-state index contributed by atoms with van der Waals surface area (Å²) >= 11 is 7.02. The van der Waals surface area contributed by atoms with E-state index in [0.29, 0.717) is 6.42 Å². The molecule has 0 amide bonds. The first-order valence-electron chi connectivity index (χ1n) is 6.05. The molecule has 0 aliphatic heterocycles. The normalized spacial score (nSPS) is 13.4. The fourth-order valence-corrected chi connectivity index (χ4v) is 3.25. The minimum absolute atomic E-state index is 0.116. The lowest BCUT2D eigenvalue weighted by atomic mass is 9.81. The first-order chi connectivity index (χ1) is 8.62. The highest BCUT2D eigenvalue weighted by atomic mass is 79.9. The van der Waals surface area contributed by atoms with Crippen LogP contribution in [0.5, 0.6) is 0 Å². The van der Waals surface area contributed by atoms with Gasteiger partial charge >= 0.3 is 5.97 Å². The Labute approximate surface area is 130 Å². The average molecular weight is 393 g/mol. The number of carbonyl (C=O) groups is 1. The maximum Gasteiger partial charge on any atom is 0.303 e. The highest BCUT2D eigenvalue weighted by Gasteiger charge is 2.26. The Kier molecular flexibility index (Phi) is 5.59. The van der Waals surface area contributed by atoms with Crippen LogP contribution >= 0.6 is 31.9 Å². The number of hydrogen-bond donors (Lipinski definition) is 2. The van der Waals surface area contributed by atoms with E-state index < -0.39 is 5.97 Å². The zero-order valence-corrected chi connectivity index (χ0v) is 14.5. The molecule has 3 nitrogen and oxygen atoms in total. The molecule has 0 fully saturated rings. The SMILES string of the molecule is Cc1cc(Br)c(C(N)CC(C)(C)CC(=O)O)cc1Br. The molecule has 1 rings (SSSR count). The fourth-order valence-electron chi connectivity index (χ4n) is 2.13. The molecule has 1 aromatic carbocycles. The Morgan fingerprint density at radius 2 is 1.95 bits per heavy atom. The zero-order valence-electron chi connectivity index (χ0n) is 11.3. The summed E-state index contributed by atoms with van der Waals surface area (Å²) < 4.78 is 1.98. The van der Waals surface area contributed by atoms with Gasteiger partial charge < -0.3 is 10.8 Å². The Bertz CT molecular complexity index is 487. The van der Waals surface area contributed by atoms with E-state index in [1.807, 2.05) is 32.9 Å². The number of nitrogens with two attached hydrogens (primary N) is 1. The van der Waals surface area contributed by atoms with Gasteiger partial charge in [0.25, 0.3) is 0 Å². The van der Waals surface area contributed by atoms with Crippen LogP contribution in [0.25, 0.3) is 0 Å². The minimum Gasteiger partial charge on any atom is -0.481 e. The molecule has 0 spiro atoms. The molecule has 5 heteroatoms. The van der Waals surface area contributed by atoms with Crippen molar-refractivity contribution in [1.29, 1.82) is 0 Å². The Hall–Kier alpha value is -0.390. The van der Waals surface area contributed by atoms with Crippen LogP contribution < -0.4 is 5.73 Å². The van der Waals surface area contributed by atoms with Gasteiger partial charge in [0.1, 0.15) is 0 Å². The van der Waals surface area contributed by atoms with Crippen LogP contribution in [0.3, 0.4) is 0 Å². The standard InChI is InChI=1S/C14H19Br2NO2/c1-8-4-11(16)9(5-10(8)15)12(17)6-14(2,3)7-13(18)19/h4-5,12H,6-7,17H2,1-3H3,(H,18,19).